The first-order valence-electron chi connectivity index (χ1n) is 12.2. The van der Waals surface area contributed by atoms with Gasteiger partial charge in [0.05, 0.1) is 4.87 Å². The lowest BCUT2D eigenvalue weighted by atomic mass is 9.95. The van der Waals surface area contributed by atoms with Crippen LogP contribution in [0.4, 0.5) is 5.13 Å². The molecule has 2 aliphatic heterocycles. The Morgan fingerprint density at radius 2 is 2.02 bits per heavy atom. The molecule has 1 fully saturated rings. The van der Waals surface area contributed by atoms with Crippen molar-refractivity contribution in [3.8, 4) is 0 Å². The SMILES string of the molecule is CON=C(C(=O)N[C@@H]1C(=O)N2C(C(=O)O)=C(C(N)(CCCCC(=O)O)Sc3ccncc3)CS[C@H]12)c1csc(N)n1. The fourth-order valence-electron chi connectivity index (χ4n) is 4.39. The molecule has 2 aliphatic rings. The second-order valence-corrected chi connectivity index (χ2v) is 12.4. The predicted molar refractivity (Wildman–Crippen MR) is 153 cm³/mol. The number of nitrogens with zero attached hydrogens (tertiary/aromatic N) is 4. The molecule has 0 spiro atoms. The molecule has 4 heterocycles. The van der Waals surface area contributed by atoms with Gasteiger partial charge in [-0.1, -0.05) is 16.9 Å². The lowest BCUT2D eigenvalue weighted by molar-refractivity contribution is -0.150. The number of unbranched alkanes of at least 4 members (excludes halogenated alkanes) is 1. The maximum Gasteiger partial charge on any atom is 0.352 e. The summed E-state index contributed by atoms with van der Waals surface area (Å²) in [6, 6.07) is 2.44. The monoisotopic (exact) mass is 621 g/mol. The molecule has 7 N–H and O–H groups in total. The number of carboxylic acid groups (broad SMARTS) is 2. The maximum absolute atomic E-state index is 13.3. The maximum atomic E-state index is 13.3. The van der Waals surface area contributed by atoms with Gasteiger partial charge in [0.2, 0.25) is 0 Å². The minimum absolute atomic E-state index is 0.0501. The Balaban J connectivity index is 1.60. The summed E-state index contributed by atoms with van der Waals surface area (Å²) in [4.78, 5) is 63.3. The number of carboxylic acids is 2. The van der Waals surface area contributed by atoms with Crippen molar-refractivity contribution in [2.75, 3.05) is 18.6 Å². The van der Waals surface area contributed by atoms with E-state index in [9.17, 15) is 24.3 Å². The van der Waals surface area contributed by atoms with Crippen molar-refractivity contribution < 1.29 is 34.2 Å². The van der Waals surface area contributed by atoms with Crippen LogP contribution in [0.3, 0.4) is 0 Å². The van der Waals surface area contributed by atoms with Crippen molar-refractivity contribution in [3.05, 3.63) is 46.9 Å². The molecule has 0 aliphatic carbocycles. The Morgan fingerprint density at radius 3 is 2.63 bits per heavy atom. The molecule has 3 atom stereocenters. The largest absolute Gasteiger partial charge is 0.481 e. The number of carbonyl (C=O) groups excluding carboxylic acids is 2. The number of nitrogens with two attached hydrogens (primary N) is 2. The lowest BCUT2D eigenvalue weighted by Crippen LogP contribution is -2.71. The molecule has 17 heteroatoms. The number of thioether (sulfide) groups is 2. The van der Waals surface area contributed by atoms with E-state index in [0.717, 1.165) is 21.1 Å². The van der Waals surface area contributed by atoms with E-state index in [1.165, 1.54) is 36.0 Å². The van der Waals surface area contributed by atoms with Crippen LogP contribution in [0.2, 0.25) is 0 Å². The molecule has 4 rings (SSSR count). The Morgan fingerprint density at radius 1 is 1.29 bits per heavy atom. The van der Waals surface area contributed by atoms with E-state index in [1.54, 1.807) is 24.5 Å². The minimum atomic E-state index is -1.33. The Bertz CT molecular complexity index is 1400. The molecular weight excluding hydrogens is 595 g/mol. The first kappa shape index (κ1) is 30.3. The summed E-state index contributed by atoms with van der Waals surface area (Å²) in [5.41, 5.74) is 12.6. The van der Waals surface area contributed by atoms with Gasteiger partial charge in [-0.25, -0.2) is 9.78 Å². The highest BCUT2D eigenvalue weighted by Crippen LogP contribution is 2.48. The van der Waals surface area contributed by atoms with E-state index in [1.807, 2.05) is 0 Å². The van der Waals surface area contributed by atoms with E-state index < -0.39 is 40.0 Å². The van der Waals surface area contributed by atoms with Crippen LogP contribution in [0.25, 0.3) is 0 Å². The number of thiazole rings is 1. The summed E-state index contributed by atoms with van der Waals surface area (Å²) in [5, 5.41) is 26.6. The number of pyridine rings is 1. The molecule has 218 valence electrons. The van der Waals surface area contributed by atoms with Gasteiger partial charge < -0.3 is 31.8 Å². The number of anilines is 1. The van der Waals surface area contributed by atoms with E-state index in [4.69, 9.17) is 21.4 Å². The molecule has 2 aromatic heterocycles. The average Bonchev–Trinajstić information content (AvgIpc) is 3.37. The van der Waals surface area contributed by atoms with Gasteiger partial charge in [0, 0.05) is 40.4 Å². The number of nitrogens with one attached hydrogen (secondary N) is 1. The molecule has 0 saturated carbocycles. The molecule has 14 nitrogen and oxygen atoms in total. The molecule has 2 aromatic rings. The summed E-state index contributed by atoms with van der Waals surface area (Å²) >= 11 is 3.60. The van der Waals surface area contributed by atoms with Gasteiger partial charge in [-0.15, -0.1) is 23.1 Å². The highest BCUT2D eigenvalue weighted by Gasteiger charge is 2.56. The van der Waals surface area contributed by atoms with E-state index >= 15 is 0 Å². The van der Waals surface area contributed by atoms with Crippen molar-refractivity contribution in [1.82, 2.24) is 20.2 Å². The Kier molecular flexibility index (Phi) is 9.52. The van der Waals surface area contributed by atoms with E-state index in [0.29, 0.717) is 18.4 Å². The van der Waals surface area contributed by atoms with Crippen LogP contribution in [0, 0.1) is 0 Å². The van der Waals surface area contributed by atoms with Crippen LogP contribution in [0.1, 0.15) is 31.4 Å². The van der Waals surface area contributed by atoms with Gasteiger partial charge >= 0.3 is 11.9 Å². The van der Waals surface area contributed by atoms with Gasteiger partial charge in [0.1, 0.15) is 29.9 Å². The number of β-lactam (4-membered cyclic amide) rings is 1. The number of hydrogen-bond donors (Lipinski definition) is 5. The summed E-state index contributed by atoms with van der Waals surface area (Å²) in [7, 11) is 1.26. The molecule has 0 radical (unpaired) electrons. The fraction of sp³-hybridized carbons (Fsp3) is 0.375. The minimum Gasteiger partial charge on any atom is -0.481 e. The third-order valence-electron chi connectivity index (χ3n) is 6.27. The fourth-order valence-corrected chi connectivity index (χ4v) is 7.71. The van der Waals surface area contributed by atoms with Crippen LogP contribution >= 0.6 is 34.9 Å². The van der Waals surface area contributed by atoms with Crippen molar-refractivity contribution in [3.63, 3.8) is 0 Å². The van der Waals surface area contributed by atoms with E-state index in [-0.39, 0.29) is 40.8 Å². The summed E-state index contributed by atoms with van der Waals surface area (Å²) in [6.07, 6.45) is 4.15. The number of rotatable bonds is 13. The number of oxime groups is 1. The molecule has 0 bridgehead atoms. The number of aromatic nitrogens is 2. The van der Waals surface area contributed by atoms with E-state index in [2.05, 4.69) is 20.4 Å². The van der Waals surface area contributed by atoms with Gasteiger partial charge in [-0.3, -0.25) is 24.3 Å². The number of hydrogen-bond acceptors (Lipinski definition) is 13. The number of amides is 2. The third-order valence-corrected chi connectivity index (χ3v) is 9.55. The number of nitrogen functional groups attached to an aromatic ring is 1. The number of aliphatic carboxylic acids is 2. The second kappa shape index (κ2) is 12.9. The second-order valence-electron chi connectivity index (χ2n) is 8.96. The van der Waals surface area contributed by atoms with Crippen LogP contribution in [0.5, 0.6) is 0 Å². The first-order chi connectivity index (χ1) is 19.6. The van der Waals surface area contributed by atoms with Crippen molar-refractivity contribution in [2.24, 2.45) is 10.9 Å². The zero-order chi connectivity index (χ0) is 29.7. The topological polar surface area (TPSA) is 223 Å². The molecule has 1 saturated heterocycles. The van der Waals surface area contributed by atoms with Gasteiger partial charge in [-0.2, -0.15) is 0 Å². The van der Waals surface area contributed by atoms with Crippen molar-refractivity contribution in [2.45, 2.75) is 46.9 Å². The smallest absolute Gasteiger partial charge is 0.352 e. The highest BCUT2D eigenvalue weighted by molar-refractivity contribution is 8.01. The standard InChI is InChI=1S/C24H27N7O7S3/c1-38-30-16(14-11-40-23(25)28-14)19(34)29-17-20(35)31-18(22(36)37)13(10-39-21(17)31)24(26,7-3-2-4-15(32)33)41-12-5-8-27-9-6-12/h5-6,8-9,11,17,21H,2-4,7,10,26H2,1H3,(H2,25,28)(H,29,34)(H,32,33)(H,36,37)/t17-,21-,24?/m1/s1. The van der Waals surface area contributed by atoms with Gasteiger partial charge in [-0.05, 0) is 31.4 Å². The lowest BCUT2D eigenvalue weighted by Gasteiger charge is -2.51. The summed E-state index contributed by atoms with van der Waals surface area (Å²) < 4.78 is 0. The molecule has 1 unspecified atom stereocenters. The zero-order valence-electron chi connectivity index (χ0n) is 21.7. The van der Waals surface area contributed by atoms with Crippen LogP contribution in [-0.2, 0) is 24.0 Å². The quantitative estimate of drug-likeness (QED) is 0.0532. The zero-order valence-corrected chi connectivity index (χ0v) is 24.1. The summed E-state index contributed by atoms with van der Waals surface area (Å²) in [6.45, 7) is 0. The Hall–Kier alpha value is -3.67. The van der Waals surface area contributed by atoms with Gasteiger partial charge in [0.25, 0.3) is 11.8 Å². The van der Waals surface area contributed by atoms with Crippen LogP contribution < -0.4 is 16.8 Å². The predicted octanol–water partition coefficient (Wildman–Crippen LogP) is 1.30. The van der Waals surface area contributed by atoms with Crippen LogP contribution in [0.15, 0.2) is 51.2 Å². The number of fused-ring (bicyclic) bond motifs is 1. The third kappa shape index (κ3) is 6.64. The van der Waals surface area contributed by atoms with Crippen molar-refractivity contribution >= 4 is 69.5 Å². The number of carbonyl (C=O) groups is 4. The Labute approximate surface area is 246 Å². The highest BCUT2D eigenvalue weighted by atomic mass is 32.2. The molecule has 41 heavy (non-hydrogen) atoms. The normalized spacial score (nSPS) is 20.1. The molecular formula is C24H27N7O7S3. The van der Waals surface area contributed by atoms with Crippen molar-refractivity contribution in [1.29, 1.82) is 0 Å². The summed E-state index contributed by atoms with van der Waals surface area (Å²) in [5.74, 6) is -3.47. The van der Waals surface area contributed by atoms with Gasteiger partial charge in [0.15, 0.2) is 10.8 Å². The molecule has 2 amide bonds. The van der Waals surface area contributed by atoms with Crippen LogP contribution in [-0.4, -0.2) is 83.7 Å². The first-order valence-corrected chi connectivity index (χ1v) is 14.9. The average molecular weight is 622 g/mol. The molecule has 0 aromatic carbocycles.